The normalized spacial score (nSPS) is 14.6. The zero-order valence-electron chi connectivity index (χ0n) is 19.0. The van der Waals surface area contributed by atoms with Crippen LogP contribution in [0.5, 0.6) is 17.2 Å². The molecule has 0 saturated heterocycles. The molecule has 3 aromatic rings. The van der Waals surface area contributed by atoms with E-state index in [9.17, 15) is 9.59 Å². The third-order valence-electron chi connectivity index (χ3n) is 5.63. The number of hydrogen-bond donors (Lipinski definition) is 0. The lowest BCUT2D eigenvalue weighted by Gasteiger charge is -2.27. The molecular formula is C26H27NO6. The molecule has 1 atom stereocenters. The minimum atomic E-state index is -0.591. The molecule has 1 aliphatic heterocycles. The molecule has 172 valence electrons. The first-order valence-corrected chi connectivity index (χ1v) is 10.8. The molecule has 1 aromatic heterocycles. The molecule has 0 amide bonds. The number of benzene rings is 2. The molecule has 7 heteroatoms. The van der Waals surface area contributed by atoms with Crippen LogP contribution in [0.15, 0.2) is 54.6 Å². The summed E-state index contributed by atoms with van der Waals surface area (Å²) in [4.78, 5) is 24.8. The molecule has 0 fully saturated rings. The summed E-state index contributed by atoms with van der Waals surface area (Å²) in [6.45, 7) is 6.08. The number of carbonyl (C=O) groups is 2. The topological polar surface area (TPSA) is 76.0 Å². The second kappa shape index (κ2) is 9.81. The zero-order chi connectivity index (χ0) is 23.4. The van der Waals surface area contributed by atoms with Gasteiger partial charge in [0.15, 0.2) is 30.8 Å². The van der Waals surface area contributed by atoms with Crippen molar-refractivity contribution in [2.24, 2.45) is 0 Å². The predicted molar refractivity (Wildman–Crippen MR) is 122 cm³/mol. The third kappa shape index (κ3) is 5.19. The lowest BCUT2D eigenvalue weighted by molar-refractivity contribution is -0.144. The van der Waals surface area contributed by atoms with E-state index in [-0.39, 0.29) is 25.1 Å². The fraction of sp³-hybridized carbons (Fsp3) is 0.308. The molecule has 7 nitrogen and oxygen atoms in total. The standard InChI is InChI=1S/C26H27NO6/c1-17-8-4-5-9-23(17)31-16-26(29)32-15-22(28)21-12-18(2)27(19(21)3)13-20-14-30-24-10-6-7-11-25(24)33-20/h4-12,20H,13-16H2,1-3H3. The number of Topliss-reactive ketones (excluding diaryl/α,β-unsaturated/α-hetero) is 1. The van der Waals surface area contributed by atoms with Crippen molar-refractivity contribution in [2.45, 2.75) is 33.4 Å². The molecule has 2 heterocycles. The van der Waals surface area contributed by atoms with Crippen LogP contribution in [0.4, 0.5) is 0 Å². The summed E-state index contributed by atoms with van der Waals surface area (Å²) >= 11 is 0. The first-order chi connectivity index (χ1) is 15.9. The average Bonchev–Trinajstić information content (AvgIpc) is 3.10. The Balaban J connectivity index is 1.33. The van der Waals surface area contributed by atoms with Crippen LogP contribution in [-0.4, -0.2) is 42.2 Å². The van der Waals surface area contributed by atoms with Crippen LogP contribution in [0.3, 0.4) is 0 Å². The summed E-state index contributed by atoms with van der Waals surface area (Å²) in [5.41, 5.74) is 3.17. The fourth-order valence-corrected chi connectivity index (χ4v) is 3.84. The Bertz CT molecular complexity index is 1170. The number of ether oxygens (including phenoxy) is 4. The highest BCUT2D eigenvalue weighted by molar-refractivity contribution is 5.99. The van der Waals surface area contributed by atoms with Gasteiger partial charge in [-0.2, -0.15) is 0 Å². The van der Waals surface area contributed by atoms with Crippen LogP contribution in [0, 0.1) is 20.8 Å². The van der Waals surface area contributed by atoms with Crippen molar-refractivity contribution in [1.29, 1.82) is 0 Å². The van der Waals surface area contributed by atoms with E-state index >= 15 is 0 Å². The van der Waals surface area contributed by atoms with Gasteiger partial charge in [0, 0.05) is 17.0 Å². The number of fused-ring (bicyclic) bond motifs is 1. The van der Waals surface area contributed by atoms with Crippen molar-refractivity contribution in [1.82, 2.24) is 4.57 Å². The molecule has 0 bridgehead atoms. The highest BCUT2D eigenvalue weighted by Gasteiger charge is 2.24. The second-order valence-corrected chi connectivity index (χ2v) is 8.03. The Morgan fingerprint density at radius 3 is 2.52 bits per heavy atom. The monoisotopic (exact) mass is 449 g/mol. The molecule has 1 unspecified atom stereocenters. The van der Waals surface area contributed by atoms with Gasteiger partial charge in [0.2, 0.25) is 5.78 Å². The van der Waals surface area contributed by atoms with Crippen molar-refractivity contribution in [2.75, 3.05) is 19.8 Å². The highest BCUT2D eigenvalue weighted by atomic mass is 16.6. The van der Waals surface area contributed by atoms with Gasteiger partial charge in [-0.25, -0.2) is 4.79 Å². The minimum Gasteiger partial charge on any atom is -0.486 e. The molecule has 2 aromatic carbocycles. The van der Waals surface area contributed by atoms with E-state index in [1.54, 1.807) is 6.07 Å². The van der Waals surface area contributed by atoms with Crippen LogP contribution in [-0.2, 0) is 16.1 Å². The van der Waals surface area contributed by atoms with Crippen molar-refractivity contribution < 1.29 is 28.5 Å². The van der Waals surface area contributed by atoms with Crippen molar-refractivity contribution in [3.05, 3.63) is 77.1 Å². The van der Waals surface area contributed by atoms with Gasteiger partial charge in [0.05, 0.1) is 6.54 Å². The molecular weight excluding hydrogens is 422 g/mol. The maximum Gasteiger partial charge on any atom is 0.344 e. The lowest BCUT2D eigenvalue weighted by Crippen LogP contribution is -2.33. The first kappa shape index (κ1) is 22.5. The van der Waals surface area contributed by atoms with Crippen LogP contribution in [0.1, 0.15) is 27.3 Å². The number of carbonyl (C=O) groups excluding carboxylic acids is 2. The Labute approximate surface area is 192 Å². The second-order valence-electron chi connectivity index (χ2n) is 8.03. The molecule has 0 radical (unpaired) electrons. The number of nitrogens with zero attached hydrogens (tertiary/aromatic N) is 1. The van der Waals surface area contributed by atoms with Gasteiger partial charge in [0.25, 0.3) is 0 Å². The quantitative estimate of drug-likeness (QED) is 0.381. The number of para-hydroxylation sites is 3. The molecule has 0 aliphatic carbocycles. The van der Waals surface area contributed by atoms with E-state index in [1.165, 1.54) is 0 Å². The van der Waals surface area contributed by atoms with E-state index in [0.717, 1.165) is 22.7 Å². The van der Waals surface area contributed by atoms with Crippen LogP contribution in [0.25, 0.3) is 0 Å². The van der Waals surface area contributed by atoms with Crippen molar-refractivity contribution in [3.63, 3.8) is 0 Å². The number of aryl methyl sites for hydroxylation is 2. The number of aromatic nitrogens is 1. The zero-order valence-corrected chi connectivity index (χ0v) is 19.0. The number of rotatable bonds is 8. The highest BCUT2D eigenvalue weighted by Crippen LogP contribution is 2.31. The summed E-state index contributed by atoms with van der Waals surface area (Å²) < 4.78 is 24.5. The average molecular weight is 450 g/mol. The Morgan fingerprint density at radius 1 is 1.00 bits per heavy atom. The SMILES string of the molecule is Cc1ccccc1OCC(=O)OCC(=O)c1cc(C)n(CC2COc3ccccc3O2)c1C. The number of hydrogen-bond acceptors (Lipinski definition) is 6. The molecule has 0 saturated carbocycles. The minimum absolute atomic E-state index is 0.177. The van der Waals surface area contributed by atoms with E-state index in [0.29, 0.717) is 30.2 Å². The Kier molecular flexibility index (Phi) is 6.68. The molecule has 4 rings (SSSR count). The summed E-state index contributed by atoms with van der Waals surface area (Å²) in [7, 11) is 0. The van der Waals surface area contributed by atoms with Crippen molar-refractivity contribution >= 4 is 11.8 Å². The van der Waals surface area contributed by atoms with Gasteiger partial charge in [-0.3, -0.25) is 4.79 Å². The summed E-state index contributed by atoms with van der Waals surface area (Å²) in [6, 6.07) is 16.8. The Morgan fingerprint density at radius 2 is 1.73 bits per heavy atom. The number of esters is 1. The summed E-state index contributed by atoms with van der Waals surface area (Å²) in [5, 5.41) is 0. The molecule has 1 aliphatic rings. The van der Waals surface area contributed by atoms with Crippen LogP contribution in [0.2, 0.25) is 0 Å². The fourth-order valence-electron chi connectivity index (χ4n) is 3.84. The van der Waals surface area contributed by atoms with Gasteiger partial charge in [0.1, 0.15) is 12.4 Å². The van der Waals surface area contributed by atoms with Gasteiger partial charge in [-0.05, 0) is 50.6 Å². The molecule has 0 spiro atoms. The maximum atomic E-state index is 12.7. The van der Waals surface area contributed by atoms with Gasteiger partial charge in [-0.1, -0.05) is 30.3 Å². The van der Waals surface area contributed by atoms with E-state index < -0.39 is 5.97 Å². The number of ketones is 1. The lowest BCUT2D eigenvalue weighted by atomic mass is 10.1. The summed E-state index contributed by atoms with van der Waals surface area (Å²) in [6.07, 6.45) is -0.177. The van der Waals surface area contributed by atoms with Gasteiger partial charge in [-0.15, -0.1) is 0 Å². The van der Waals surface area contributed by atoms with E-state index in [2.05, 4.69) is 0 Å². The van der Waals surface area contributed by atoms with Crippen LogP contribution >= 0.6 is 0 Å². The first-order valence-electron chi connectivity index (χ1n) is 10.8. The van der Waals surface area contributed by atoms with Crippen LogP contribution < -0.4 is 14.2 Å². The smallest absolute Gasteiger partial charge is 0.344 e. The predicted octanol–water partition coefficient (Wildman–Crippen LogP) is 4.06. The van der Waals surface area contributed by atoms with E-state index in [1.807, 2.05) is 73.9 Å². The van der Waals surface area contributed by atoms with Gasteiger partial charge < -0.3 is 23.5 Å². The maximum absolute atomic E-state index is 12.7. The van der Waals surface area contributed by atoms with E-state index in [4.69, 9.17) is 18.9 Å². The third-order valence-corrected chi connectivity index (χ3v) is 5.63. The largest absolute Gasteiger partial charge is 0.486 e. The molecule has 0 N–H and O–H groups in total. The molecule has 33 heavy (non-hydrogen) atoms. The Hall–Kier alpha value is -3.74. The summed E-state index contributed by atoms with van der Waals surface area (Å²) in [5.74, 6) is 1.21. The van der Waals surface area contributed by atoms with Gasteiger partial charge >= 0.3 is 5.97 Å². The van der Waals surface area contributed by atoms with Crippen molar-refractivity contribution in [3.8, 4) is 17.2 Å².